The summed E-state index contributed by atoms with van der Waals surface area (Å²) in [6.07, 6.45) is 3.06. The Bertz CT molecular complexity index is 957. The van der Waals surface area contributed by atoms with Crippen molar-refractivity contribution in [3.63, 3.8) is 0 Å². The molecule has 0 aliphatic rings. The van der Waals surface area contributed by atoms with Crippen molar-refractivity contribution >= 4 is 21.8 Å². The third kappa shape index (κ3) is 4.75. The quantitative estimate of drug-likeness (QED) is 0.563. The van der Waals surface area contributed by atoms with Crippen molar-refractivity contribution < 1.29 is 9.53 Å². The molecule has 1 aromatic carbocycles. The number of carbonyl (C=O) groups is 1. The number of aryl methyl sites for hydroxylation is 1. The fourth-order valence-corrected chi connectivity index (χ4v) is 3.11. The second-order valence-electron chi connectivity index (χ2n) is 6.67. The van der Waals surface area contributed by atoms with Gasteiger partial charge in [-0.25, -0.2) is 4.98 Å². The number of pyridine rings is 1. The van der Waals surface area contributed by atoms with Gasteiger partial charge in [0, 0.05) is 4.47 Å². The fraction of sp³-hybridized carbons (Fsp3) is 0.300. The van der Waals surface area contributed by atoms with Gasteiger partial charge >= 0.3 is 0 Å². The maximum absolute atomic E-state index is 12.5. The molecule has 0 saturated heterocycles. The van der Waals surface area contributed by atoms with E-state index in [0.29, 0.717) is 35.1 Å². The Labute approximate surface area is 172 Å². The maximum Gasteiger partial charge on any atom is 0.271 e. The van der Waals surface area contributed by atoms with Crippen LogP contribution in [0, 0.1) is 6.92 Å². The van der Waals surface area contributed by atoms with Gasteiger partial charge in [-0.15, -0.1) is 10.2 Å². The predicted octanol–water partition coefficient (Wildman–Crippen LogP) is 3.67. The molecule has 3 rings (SSSR count). The second kappa shape index (κ2) is 8.97. The van der Waals surface area contributed by atoms with Crippen molar-refractivity contribution in [3.05, 3.63) is 64.3 Å². The van der Waals surface area contributed by atoms with Gasteiger partial charge in [0.1, 0.15) is 36.5 Å². The Morgan fingerprint density at radius 3 is 2.68 bits per heavy atom. The number of halogens is 1. The summed E-state index contributed by atoms with van der Waals surface area (Å²) in [5.74, 6) is 1.51. The molecule has 0 spiro atoms. The number of benzene rings is 1. The topological polar surface area (TPSA) is 81.9 Å². The summed E-state index contributed by atoms with van der Waals surface area (Å²) in [7, 11) is 0. The number of rotatable bonds is 7. The zero-order chi connectivity index (χ0) is 20.1. The molecule has 0 radical (unpaired) electrons. The average Bonchev–Trinajstić information content (AvgIpc) is 3.20. The summed E-state index contributed by atoms with van der Waals surface area (Å²) in [6.45, 7) is 7.04. The lowest BCUT2D eigenvalue weighted by atomic mass is 10.0. The number of aromatic nitrogens is 4. The molecule has 1 N–H and O–H groups in total. The number of ether oxygens (including phenoxy) is 1. The van der Waals surface area contributed by atoms with Crippen molar-refractivity contribution in [2.75, 3.05) is 13.2 Å². The summed E-state index contributed by atoms with van der Waals surface area (Å²) in [4.78, 5) is 16.9. The molecule has 1 amide bonds. The molecule has 3 aromatic rings. The first-order valence-electron chi connectivity index (χ1n) is 8.99. The molecule has 0 unspecified atom stereocenters. The van der Waals surface area contributed by atoms with Crippen LogP contribution in [-0.4, -0.2) is 38.8 Å². The van der Waals surface area contributed by atoms with Crippen LogP contribution in [0.4, 0.5) is 0 Å². The molecule has 0 fully saturated rings. The Kier molecular flexibility index (Phi) is 6.41. The third-order valence-corrected chi connectivity index (χ3v) is 4.81. The molecule has 0 saturated carbocycles. The third-order valence-electron chi connectivity index (χ3n) is 4.17. The van der Waals surface area contributed by atoms with E-state index in [1.54, 1.807) is 16.7 Å². The van der Waals surface area contributed by atoms with Gasteiger partial charge in [0.2, 0.25) is 0 Å². The largest absolute Gasteiger partial charge is 0.491 e. The van der Waals surface area contributed by atoms with Crippen LogP contribution in [0.25, 0.3) is 5.82 Å². The molecule has 7 nitrogen and oxygen atoms in total. The van der Waals surface area contributed by atoms with Crippen molar-refractivity contribution in [3.8, 4) is 11.6 Å². The number of amides is 1. The van der Waals surface area contributed by atoms with E-state index in [9.17, 15) is 4.79 Å². The van der Waals surface area contributed by atoms with E-state index in [0.717, 1.165) is 16.9 Å². The van der Waals surface area contributed by atoms with Gasteiger partial charge in [-0.05, 0) is 58.1 Å². The minimum Gasteiger partial charge on any atom is -0.491 e. The Morgan fingerprint density at radius 1 is 1.21 bits per heavy atom. The first-order chi connectivity index (χ1) is 13.5. The number of hydrogen-bond acceptors (Lipinski definition) is 5. The average molecular weight is 444 g/mol. The monoisotopic (exact) mass is 443 g/mol. The lowest BCUT2D eigenvalue weighted by Crippen LogP contribution is -2.29. The zero-order valence-corrected chi connectivity index (χ0v) is 17.6. The van der Waals surface area contributed by atoms with Gasteiger partial charge in [-0.2, -0.15) is 0 Å². The highest BCUT2D eigenvalue weighted by Crippen LogP contribution is 2.27. The Morgan fingerprint density at radius 2 is 1.96 bits per heavy atom. The summed E-state index contributed by atoms with van der Waals surface area (Å²) in [5, 5.41) is 10.4. The summed E-state index contributed by atoms with van der Waals surface area (Å²) < 4.78 is 8.16. The summed E-state index contributed by atoms with van der Waals surface area (Å²) in [5.41, 5.74) is 2.59. The van der Waals surface area contributed by atoms with Crippen molar-refractivity contribution in [2.24, 2.45) is 0 Å². The van der Waals surface area contributed by atoms with E-state index in [1.807, 2.05) is 13.0 Å². The SMILES string of the molecule is Cc1ccc(C(C)C)c(OCCNC(=O)c2nc(-n3cnnc3)ccc2Br)c1. The molecule has 8 heteroatoms. The molecule has 0 aliphatic carbocycles. The van der Waals surface area contributed by atoms with Crippen molar-refractivity contribution in [1.82, 2.24) is 25.1 Å². The van der Waals surface area contributed by atoms with E-state index in [1.165, 1.54) is 12.7 Å². The van der Waals surface area contributed by atoms with Crippen LogP contribution in [-0.2, 0) is 0 Å². The Hall–Kier alpha value is -2.74. The summed E-state index contributed by atoms with van der Waals surface area (Å²) >= 11 is 3.38. The smallest absolute Gasteiger partial charge is 0.271 e. The molecule has 2 heterocycles. The maximum atomic E-state index is 12.5. The van der Waals surface area contributed by atoms with E-state index in [4.69, 9.17) is 4.74 Å². The minimum atomic E-state index is -0.279. The van der Waals surface area contributed by atoms with Crippen LogP contribution >= 0.6 is 15.9 Å². The molecule has 0 atom stereocenters. The van der Waals surface area contributed by atoms with Gasteiger partial charge in [0.05, 0.1) is 6.54 Å². The number of hydrogen-bond donors (Lipinski definition) is 1. The molecule has 0 bridgehead atoms. The number of nitrogens with one attached hydrogen (secondary N) is 1. The molecule has 146 valence electrons. The highest BCUT2D eigenvalue weighted by atomic mass is 79.9. The van der Waals surface area contributed by atoms with E-state index < -0.39 is 0 Å². The van der Waals surface area contributed by atoms with Crippen LogP contribution in [0.15, 0.2) is 47.5 Å². The highest BCUT2D eigenvalue weighted by molar-refractivity contribution is 9.10. The van der Waals surface area contributed by atoms with Crippen LogP contribution < -0.4 is 10.1 Å². The molecule has 0 aliphatic heterocycles. The van der Waals surface area contributed by atoms with Crippen molar-refractivity contribution in [2.45, 2.75) is 26.7 Å². The van der Waals surface area contributed by atoms with E-state index in [-0.39, 0.29) is 5.91 Å². The molecular formula is C20H22BrN5O2. The lowest BCUT2D eigenvalue weighted by Gasteiger charge is -2.15. The van der Waals surface area contributed by atoms with Gasteiger partial charge in [-0.1, -0.05) is 26.0 Å². The normalized spacial score (nSPS) is 10.9. The standard InChI is InChI=1S/C20H22BrN5O2/c1-13(2)15-5-4-14(3)10-17(15)28-9-8-22-20(27)19-16(21)6-7-18(25-19)26-11-23-24-12-26/h4-7,10-13H,8-9H2,1-3H3,(H,22,27). The molecular weight excluding hydrogens is 422 g/mol. The van der Waals surface area contributed by atoms with Crippen LogP contribution in [0.1, 0.15) is 41.4 Å². The molecule has 28 heavy (non-hydrogen) atoms. The highest BCUT2D eigenvalue weighted by Gasteiger charge is 2.14. The first kappa shape index (κ1) is 20.0. The Balaban J connectivity index is 1.61. The molecule has 2 aromatic heterocycles. The number of nitrogens with zero attached hydrogens (tertiary/aromatic N) is 4. The van der Waals surface area contributed by atoms with Gasteiger partial charge < -0.3 is 10.1 Å². The first-order valence-corrected chi connectivity index (χ1v) is 9.78. The van der Waals surface area contributed by atoms with Gasteiger partial charge in [0.25, 0.3) is 5.91 Å². The summed E-state index contributed by atoms with van der Waals surface area (Å²) in [6, 6.07) is 9.74. The lowest BCUT2D eigenvalue weighted by molar-refractivity contribution is 0.0941. The van der Waals surface area contributed by atoms with E-state index >= 15 is 0 Å². The predicted molar refractivity (Wildman–Crippen MR) is 110 cm³/mol. The van der Waals surface area contributed by atoms with Crippen LogP contribution in [0.2, 0.25) is 0 Å². The zero-order valence-electron chi connectivity index (χ0n) is 16.0. The van der Waals surface area contributed by atoms with Gasteiger partial charge in [-0.3, -0.25) is 9.36 Å². The minimum absolute atomic E-state index is 0.279. The second-order valence-corrected chi connectivity index (χ2v) is 7.52. The van der Waals surface area contributed by atoms with Crippen LogP contribution in [0.3, 0.4) is 0 Å². The number of carbonyl (C=O) groups excluding carboxylic acids is 1. The van der Waals surface area contributed by atoms with Gasteiger partial charge in [0.15, 0.2) is 0 Å². The van der Waals surface area contributed by atoms with Crippen molar-refractivity contribution in [1.29, 1.82) is 0 Å². The fourth-order valence-electron chi connectivity index (χ4n) is 2.71. The van der Waals surface area contributed by atoms with E-state index in [2.05, 4.69) is 62.4 Å². The van der Waals surface area contributed by atoms with Crippen LogP contribution in [0.5, 0.6) is 5.75 Å².